The van der Waals surface area contributed by atoms with Crippen LogP contribution in [0.4, 0.5) is 14.6 Å². The summed E-state index contributed by atoms with van der Waals surface area (Å²) in [7, 11) is 0. The van der Waals surface area contributed by atoms with Crippen molar-refractivity contribution in [2.24, 2.45) is 0 Å². The number of anilines is 1. The molecule has 0 saturated carbocycles. The molecule has 1 spiro atoms. The van der Waals surface area contributed by atoms with Gasteiger partial charge in [-0.15, -0.1) is 0 Å². The maximum absolute atomic E-state index is 14.0. The van der Waals surface area contributed by atoms with E-state index in [2.05, 4.69) is 20.4 Å². The zero-order valence-corrected chi connectivity index (χ0v) is 22.7. The molecular formula is C31H27F2N5O3. The number of nitrogens with zero attached hydrogens (tertiary/aromatic N) is 4. The molecule has 0 unspecified atom stereocenters. The van der Waals surface area contributed by atoms with Gasteiger partial charge >= 0.3 is 0 Å². The number of nitrogens with one attached hydrogen (secondary N) is 1. The molecule has 10 heteroatoms. The van der Waals surface area contributed by atoms with Gasteiger partial charge in [0.05, 0.1) is 17.2 Å². The van der Waals surface area contributed by atoms with E-state index in [4.69, 9.17) is 4.52 Å². The molecule has 1 aromatic carbocycles. The van der Waals surface area contributed by atoms with E-state index in [1.807, 2.05) is 24.3 Å². The van der Waals surface area contributed by atoms with Crippen LogP contribution in [0.3, 0.4) is 0 Å². The Morgan fingerprint density at radius 2 is 1.95 bits per heavy atom. The van der Waals surface area contributed by atoms with Gasteiger partial charge in [0.1, 0.15) is 28.8 Å². The van der Waals surface area contributed by atoms with Crippen LogP contribution in [0.5, 0.6) is 0 Å². The fraction of sp³-hybridized carbons (Fsp3) is 0.258. The summed E-state index contributed by atoms with van der Waals surface area (Å²) in [4.78, 5) is 37.1. The molecule has 2 aliphatic rings. The Morgan fingerprint density at radius 1 is 1.17 bits per heavy atom. The number of benzene rings is 1. The Balaban J connectivity index is 1.26. The van der Waals surface area contributed by atoms with Gasteiger partial charge in [-0.3, -0.25) is 14.6 Å². The molecular weight excluding hydrogens is 528 g/mol. The lowest BCUT2D eigenvalue weighted by Crippen LogP contribution is -2.35. The number of pyridine rings is 2. The summed E-state index contributed by atoms with van der Waals surface area (Å²) in [5.41, 5.74) is 3.90. The second-order valence-corrected chi connectivity index (χ2v) is 10.6. The summed E-state index contributed by atoms with van der Waals surface area (Å²) in [6.07, 6.45) is 8.05. The molecule has 0 radical (unpaired) electrons. The lowest BCUT2D eigenvalue weighted by Gasteiger charge is -2.29. The lowest BCUT2D eigenvalue weighted by molar-refractivity contribution is -0.120. The number of carbonyl (C=O) groups is 2. The van der Waals surface area contributed by atoms with E-state index in [1.165, 1.54) is 17.0 Å². The van der Waals surface area contributed by atoms with Crippen molar-refractivity contribution in [1.82, 2.24) is 20.0 Å². The molecule has 4 heterocycles. The first-order chi connectivity index (χ1) is 19.7. The van der Waals surface area contributed by atoms with Gasteiger partial charge in [-0.1, -0.05) is 23.4 Å². The summed E-state index contributed by atoms with van der Waals surface area (Å²) in [5, 5.41) is 6.79. The first kappa shape index (κ1) is 26.5. The van der Waals surface area contributed by atoms with Crippen LogP contribution >= 0.6 is 0 Å². The van der Waals surface area contributed by atoms with Gasteiger partial charge in [-0.25, -0.2) is 13.8 Å². The standard InChI is InChI=1S/C31H27F2N5O3/c1-17-27(19(3)41-37-17)29(39)38(18(2)21-11-23(32)13-24(33)12-21)9-5-6-20-10-22-14-31(15-26(22)35-16-20)25-7-4-8-34-28(25)36-30(31)40/h4-8,10-13,16,18H,9,14-15H2,1-3H3,(H,34,36,40)/t18-,31+/m1/s1. The minimum atomic E-state index is -0.719. The fourth-order valence-electron chi connectivity index (χ4n) is 5.87. The van der Waals surface area contributed by atoms with E-state index < -0.39 is 23.1 Å². The molecule has 4 aromatic rings. The molecule has 2 atom stereocenters. The highest BCUT2D eigenvalue weighted by atomic mass is 19.1. The summed E-state index contributed by atoms with van der Waals surface area (Å²) >= 11 is 0. The molecule has 41 heavy (non-hydrogen) atoms. The molecule has 6 rings (SSSR count). The third kappa shape index (κ3) is 4.59. The number of carbonyl (C=O) groups excluding carboxylic acids is 2. The van der Waals surface area contributed by atoms with E-state index in [0.29, 0.717) is 41.2 Å². The Labute approximate surface area is 235 Å². The first-order valence-corrected chi connectivity index (χ1v) is 13.3. The van der Waals surface area contributed by atoms with Crippen molar-refractivity contribution < 1.29 is 22.9 Å². The molecule has 1 N–H and O–H groups in total. The Kier molecular flexibility index (Phi) is 6.48. The van der Waals surface area contributed by atoms with Crippen molar-refractivity contribution >= 4 is 23.7 Å². The van der Waals surface area contributed by atoms with Crippen LogP contribution in [0, 0.1) is 25.5 Å². The van der Waals surface area contributed by atoms with Crippen LogP contribution in [0.1, 0.15) is 62.7 Å². The molecule has 0 fully saturated rings. The molecule has 2 amide bonds. The van der Waals surface area contributed by atoms with Crippen molar-refractivity contribution in [3.63, 3.8) is 0 Å². The monoisotopic (exact) mass is 555 g/mol. The maximum atomic E-state index is 14.0. The number of rotatable bonds is 6. The molecule has 1 aliphatic heterocycles. The minimum absolute atomic E-state index is 0.0717. The maximum Gasteiger partial charge on any atom is 0.260 e. The highest BCUT2D eigenvalue weighted by Crippen LogP contribution is 2.46. The summed E-state index contributed by atoms with van der Waals surface area (Å²) in [6, 6.07) is 8.35. The molecule has 3 aromatic heterocycles. The molecule has 1 aliphatic carbocycles. The topological polar surface area (TPSA) is 101 Å². The van der Waals surface area contributed by atoms with E-state index >= 15 is 0 Å². The highest BCUT2D eigenvalue weighted by molar-refractivity contribution is 6.06. The number of fused-ring (bicyclic) bond motifs is 3. The molecule has 0 saturated heterocycles. The van der Waals surface area contributed by atoms with Crippen LogP contribution < -0.4 is 5.32 Å². The largest absolute Gasteiger partial charge is 0.361 e. The number of amides is 2. The molecule has 8 nitrogen and oxygen atoms in total. The van der Waals surface area contributed by atoms with Crippen molar-refractivity contribution in [1.29, 1.82) is 0 Å². The van der Waals surface area contributed by atoms with Gasteiger partial charge in [0, 0.05) is 42.7 Å². The normalized spacial score (nSPS) is 18.0. The predicted molar refractivity (Wildman–Crippen MR) is 147 cm³/mol. The second-order valence-electron chi connectivity index (χ2n) is 10.6. The van der Waals surface area contributed by atoms with E-state index in [0.717, 1.165) is 28.5 Å². The van der Waals surface area contributed by atoms with E-state index in [1.54, 1.807) is 39.2 Å². The van der Waals surface area contributed by atoms with Gasteiger partial charge in [-0.2, -0.15) is 0 Å². The lowest BCUT2D eigenvalue weighted by atomic mass is 9.80. The van der Waals surface area contributed by atoms with Crippen LogP contribution in [0.15, 0.2) is 59.4 Å². The quantitative estimate of drug-likeness (QED) is 0.348. The zero-order chi connectivity index (χ0) is 28.9. The van der Waals surface area contributed by atoms with Gasteiger partial charge in [-0.05, 0) is 68.1 Å². The smallest absolute Gasteiger partial charge is 0.260 e. The van der Waals surface area contributed by atoms with Crippen LogP contribution in [0.2, 0.25) is 0 Å². The number of hydrogen-bond donors (Lipinski definition) is 1. The average Bonchev–Trinajstić information content (AvgIpc) is 3.58. The summed E-state index contributed by atoms with van der Waals surface area (Å²) < 4.78 is 33.3. The minimum Gasteiger partial charge on any atom is -0.361 e. The Hall–Kier alpha value is -4.73. The summed E-state index contributed by atoms with van der Waals surface area (Å²) in [5.74, 6) is -0.912. The number of hydrogen-bond acceptors (Lipinski definition) is 6. The first-order valence-electron chi connectivity index (χ1n) is 13.3. The summed E-state index contributed by atoms with van der Waals surface area (Å²) in [6.45, 7) is 5.18. The third-order valence-electron chi connectivity index (χ3n) is 7.99. The second kappa shape index (κ2) is 10.0. The number of aryl methyl sites for hydroxylation is 2. The average molecular weight is 556 g/mol. The predicted octanol–water partition coefficient (Wildman–Crippen LogP) is 5.27. The van der Waals surface area contributed by atoms with Crippen molar-refractivity contribution in [2.45, 2.75) is 45.1 Å². The third-order valence-corrected chi connectivity index (χ3v) is 7.99. The van der Waals surface area contributed by atoms with Crippen LogP contribution in [-0.4, -0.2) is 38.4 Å². The van der Waals surface area contributed by atoms with Crippen molar-refractivity contribution in [2.75, 3.05) is 11.9 Å². The number of halogens is 2. The fourth-order valence-corrected chi connectivity index (χ4v) is 5.87. The van der Waals surface area contributed by atoms with E-state index in [-0.39, 0.29) is 18.4 Å². The van der Waals surface area contributed by atoms with Gasteiger partial charge in [0.25, 0.3) is 5.91 Å². The van der Waals surface area contributed by atoms with Crippen molar-refractivity contribution in [3.8, 4) is 0 Å². The zero-order valence-electron chi connectivity index (χ0n) is 22.7. The van der Waals surface area contributed by atoms with Crippen LogP contribution in [-0.2, 0) is 23.1 Å². The van der Waals surface area contributed by atoms with Gasteiger partial charge in [0.2, 0.25) is 5.91 Å². The highest BCUT2D eigenvalue weighted by Gasteiger charge is 2.51. The van der Waals surface area contributed by atoms with Crippen molar-refractivity contribution in [3.05, 3.63) is 111 Å². The van der Waals surface area contributed by atoms with Gasteiger partial charge in [0.15, 0.2) is 0 Å². The van der Waals surface area contributed by atoms with E-state index in [9.17, 15) is 18.4 Å². The Bertz CT molecular complexity index is 1690. The van der Waals surface area contributed by atoms with Crippen LogP contribution in [0.25, 0.3) is 6.08 Å². The molecule has 208 valence electrons. The Morgan fingerprint density at radius 3 is 2.68 bits per heavy atom. The SMILES string of the molecule is Cc1noc(C)c1C(=O)N(CC=Cc1cnc2c(c1)C[C@@]1(C2)C(=O)Nc2ncccc21)[C@H](C)c1cc(F)cc(F)c1. The van der Waals surface area contributed by atoms with Gasteiger partial charge < -0.3 is 14.7 Å². The molecule has 0 bridgehead atoms. The number of aromatic nitrogens is 3.